The standard InChI is InChI=1S/C23H16N2O2/c1-27-23(26)20-13-18-17-8-4-5-9-19(17)24-22(18)21(25-20)16-11-10-14-6-2-3-7-15(14)12-16/h2-13,24H,1H3. The van der Waals surface area contributed by atoms with Crippen molar-refractivity contribution in [3.63, 3.8) is 0 Å². The van der Waals surface area contributed by atoms with Gasteiger partial charge in [0.1, 0.15) is 5.69 Å². The second-order valence-electron chi connectivity index (χ2n) is 6.50. The van der Waals surface area contributed by atoms with Crippen LogP contribution in [0.3, 0.4) is 0 Å². The number of carbonyl (C=O) groups excluding carboxylic acids is 1. The van der Waals surface area contributed by atoms with Crippen LogP contribution >= 0.6 is 0 Å². The second kappa shape index (κ2) is 5.95. The van der Waals surface area contributed by atoms with Gasteiger partial charge in [-0.1, -0.05) is 54.6 Å². The van der Waals surface area contributed by atoms with Gasteiger partial charge in [-0.3, -0.25) is 0 Å². The zero-order valence-electron chi connectivity index (χ0n) is 14.7. The monoisotopic (exact) mass is 352 g/mol. The van der Waals surface area contributed by atoms with Crippen LogP contribution in [-0.2, 0) is 4.74 Å². The van der Waals surface area contributed by atoms with E-state index in [2.05, 4.69) is 34.2 Å². The van der Waals surface area contributed by atoms with E-state index in [1.807, 2.05) is 42.5 Å². The highest BCUT2D eigenvalue weighted by molar-refractivity contribution is 6.13. The Morgan fingerprint density at radius 3 is 2.52 bits per heavy atom. The maximum Gasteiger partial charge on any atom is 0.356 e. The van der Waals surface area contributed by atoms with Gasteiger partial charge in [-0.2, -0.15) is 0 Å². The van der Waals surface area contributed by atoms with Gasteiger partial charge in [0.2, 0.25) is 0 Å². The lowest BCUT2D eigenvalue weighted by Crippen LogP contribution is -2.05. The minimum Gasteiger partial charge on any atom is -0.464 e. The number of nitrogens with zero attached hydrogens (tertiary/aromatic N) is 1. The van der Waals surface area contributed by atoms with Gasteiger partial charge in [-0.15, -0.1) is 0 Å². The molecule has 0 aliphatic heterocycles. The molecule has 0 spiro atoms. The highest BCUT2D eigenvalue weighted by Crippen LogP contribution is 2.34. The summed E-state index contributed by atoms with van der Waals surface area (Å²) in [6, 6.07) is 24.2. The third kappa shape index (κ3) is 2.46. The molecule has 4 heteroatoms. The van der Waals surface area contributed by atoms with E-state index >= 15 is 0 Å². The van der Waals surface area contributed by atoms with Gasteiger partial charge in [-0.25, -0.2) is 9.78 Å². The molecule has 4 nitrogen and oxygen atoms in total. The number of hydrogen-bond acceptors (Lipinski definition) is 3. The van der Waals surface area contributed by atoms with Crippen LogP contribution in [0.2, 0.25) is 0 Å². The molecule has 0 unspecified atom stereocenters. The summed E-state index contributed by atoms with van der Waals surface area (Å²) in [6.07, 6.45) is 0. The first-order chi connectivity index (χ1) is 13.2. The molecular formula is C23H16N2O2. The first kappa shape index (κ1) is 15.6. The van der Waals surface area contributed by atoms with Gasteiger partial charge >= 0.3 is 5.97 Å². The Labute approximate surface area is 155 Å². The molecule has 1 N–H and O–H groups in total. The van der Waals surface area contributed by atoms with Crippen LogP contribution < -0.4 is 0 Å². The Hall–Kier alpha value is -3.66. The minimum atomic E-state index is -0.441. The van der Waals surface area contributed by atoms with Crippen molar-refractivity contribution in [3.05, 3.63) is 78.5 Å². The number of ether oxygens (including phenoxy) is 1. The average Bonchev–Trinajstić information content (AvgIpc) is 3.11. The number of H-pyrrole nitrogens is 1. The summed E-state index contributed by atoms with van der Waals surface area (Å²) in [5.41, 5.74) is 3.93. The van der Waals surface area contributed by atoms with Gasteiger partial charge in [-0.05, 0) is 29.0 Å². The fourth-order valence-corrected chi connectivity index (χ4v) is 3.60. The molecule has 27 heavy (non-hydrogen) atoms. The molecule has 5 rings (SSSR count). The van der Waals surface area contributed by atoms with Crippen LogP contribution in [0.1, 0.15) is 10.5 Å². The SMILES string of the molecule is COC(=O)c1cc2c([nH]c3ccccc32)c(-c2ccc3ccccc3c2)n1. The highest BCUT2D eigenvalue weighted by atomic mass is 16.5. The summed E-state index contributed by atoms with van der Waals surface area (Å²) >= 11 is 0. The number of rotatable bonds is 2. The molecule has 2 aromatic heterocycles. The fraction of sp³-hybridized carbons (Fsp3) is 0.0435. The van der Waals surface area contributed by atoms with Gasteiger partial charge in [0, 0.05) is 21.9 Å². The summed E-state index contributed by atoms with van der Waals surface area (Å²) in [6.45, 7) is 0. The van der Waals surface area contributed by atoms with Gasteiger partial charge in [0.15, 0.2) is 0 Å². The molecule has 0 atom stereocenters. The van der Waals surface area contributed by atoms with Crippen molar-refractivity contribution >= 4 is 38.5 Å². The Kier molecular flexibility index (Phi) is 3.44. The van der Waals surface area contributed by atoms with E-state index < -0.39 is 5.97 Å². The molecule has 0 saturated heterocycles. The van der Waals surface area contributed by atoms with Gasteiger partial charge < -0.3 is 9.72 Å². The number of aromatic nitrogens is 2. The van der Waals surface area contributed by atoms with Crippen LogP contribution in [0, 0.1) is 0 Å². The molecule has 5 aromatic rings. The van der Waals surface area contributed by atoms with Crippen molar-refractivity contribution in [2.24, 2.45) is 0 Å². The predicted octanol–water partition coefficient (Wildman–Crippen LogP) is 5.32. The number of nitrogens with one attached hydrogen (secondary N) is 1. The fourth-order valence-electron chi connectivity index (χ4n) is 3.60. The molecule has 130 valence electrons. The zero-order chi connectivity index (χ0) is 18.4. The van der Waals surface area contributed by atoms with Crippen molar-refractivity contribution in [1.29, 1.82) is 0 Å². The average molecular weight is 352 g/mol. The Morgan fingerprint density at radius 1 is 0.889 bits per heavy atom. The number of benzene rings is 3. The van der Waals surface area contributed by atoms with Gasteiger partial charge in [0.25, 0.3) is 0 Å². The lowest BCUT2D eigenvalue weighted by Gasteiger charge is -2.08. The maximum absolute atomic E-state index is 12.2. The molecule has 0 fully saturated rings. The van der Waals surface area contributed by atoms with E-state index in [4.69, 9.17) is 4.74 Å². The van der Waals surface area contributed by atoms with E-state index in [-0.39, 0.29) is 0 Å². The third-order valence-corrected chi connectivity index (χ3v) is 4.91. The molecule has 3 aromatic carbocycles. The number of fused-ring (bicyclic) bond motifs is 4. The number of esters is 1. The van der Waals surface area contributed by atoms with Crippen LogP contribution in [0.25, 0.3) is 43.8 Å². The van der Waals surface area contributed by atoms with E-state index in [0.29, 0.717) is 5.69 Å². The largest absolute Gasteiger partial charge is 0.464 e. The van der Waals surface area contributed by atoms with Crippen molar-refractivity contribution < 1.29 is 9.53 Å². The summed E-state index contributed by atoms with van der Waals surface area (Å²) < 4.78 is 4.92. The molecular weight excluding hydrogens is 336 g/mol. The Bertz CT molecular complexity index is 1330. The smallest absolute Gasteiger partial charge is 0.356 e. The first-order valence-corrected chi connectivity index (χ1v) is 8.73. The van der Waals surface area contributed by atoms with E-state index in [9.17, 15) is 4.79 Å². The number of pyridine rings is 1. The Balaban J connectivity index is 1.87. The highest BCUT2D eigenvalue weighted by Gasteiger charge is 2.17. The molecule has 0 amide bonds. The maximum atomic E-state index is 12.2. The third-order valence-electron chi connectivity index (χ3n) is 4.91. The number of para-hydroxylation sites is 1. The first-order valence-electron chi connectivity index (χ1n) is 8.73. The lowest BCUT2D eigenvalue weighted by atomic mass is 10.0. The molecule has 0 radical (unpaired) electrons. The second-order valence-corrected chi connectivity index (χ2v) is 6.50. The summed E-state index contributed by atoms with van der Waals surface area (Å²) in [5, 5.41) is 4.31. The van der Waals surface area contributed by atoms with Crippen LogP contribution in [-0.4, -0.2) is 23.0 Å². The minimum absolute atomic E-state index is 0.304. The quantitative estimate of drug-likeness (QED) is 0.437. The lowest BCUT2D eigenvalue weighted by molar-refractivity contribution is 0.0594. The van der Waals surface area contributed by atoms with Crippen LogP contribution in [0.5, 0.6) is 0 Å². The van der Waals surface area contributed by atoms with Gasteiger partial charge in [0.05, 0.1) is 18.3 Å². The van der Waals surface area contributed by atoms with Crippen LogP contribution in [0.15, 0.2) is 72.8 Å². The number of methoxy groups -OCH3 is 1. The molecule has 0 bridgehead atoms. The van der Waals surface area contributed by atoms with E-state index in [1.165, 1.54) is 12.5 Å². The summed E-state index contributed by atoms with van der Waals surface area (Å²) in [5.74, 6) is -0.441. The van der Waals surface area contributed by atoms with Crippen molar-refractivity contribution in [2.75, 3.05) is 7.11 Å². The Morgan fingerprint density at radius 2 is 1.67 bits per heavy atom. The van der Waals surface area contributed by atoms with Crippen molar-refractivity contribution in [2.45, 2.75) is 0 Å². The molecule has 2 heterocycles. The molecule has 0 saturated carbocycles. The number of aromatic amines is 1. The summed E-state index contributed by atoms with van der Waals surface area (Å²) in [7, 11) is 1.37. The zero-order valence-corrected chi connectivity index (χ0v) is 14.7. The van der Waals surface area contributed by atoms with E-state index in [1.54, 1.807) is 6.07 Å². The topological polar surface area (TPSA) is 55.0 Å². The number of carbonyl (C=O) groups is 1. The van der Waals surface area contributed by atoms with E-state index in [0.717, 1.165) is 38.4 Å². The molecule has 0 aliphatic rings. The van der Waals surface area contributed by atoms with Crippen LogP contribution in [0.4, 0.5) is 0 Å². The van der Waals surface area contributed by atoms with Crippen molar-refractivity contribution in [1.82, 2.24) is 9.97 Å². The normalized spacial score (nSPS) is 11.3. The molecule has 0 aliphatic carbocycles. The number of hydrogen-bond donors (Lipinski definition) is 1. The summed E-state index contributed by atoms with van der Waals surface area (Å²) in [4.78, 5) is 20.3. The van der Waals surface area contributed by atoms with Crippen molar-refractivity contribution in [3.8, 4) is 11.3 Å². The predicted molar refractivity (Wildman–Crippen MR) is 108 cm³/mol.